The fourth-order valence-electron chi connectivity index (χ4n) is 0.825. The van der Waals surface area contributed by atoms with Crippen LogP contribution in [0.1, 0.15) is 5.56 Å². The summed E-state index contributed by atoms with van der Waals surface area (Å²) in [5.74, 6) is 0.255. The smallest absolute Gasteiger partial charge is 0.257 e. The van der Waals surface area contributed by atoms with E-state index >= 15 is 0 Å². The van der Waals surface area contributed by atoms with E-state index in [2.05, 4.69) is 11.6 Å². The van der Waals surface area contributed by atoms with Gasteiger partial charge >= 0.3 is 0 Å². The molecule has 0 saturated carbocycles. The highest BCUT2D eigenvalue weighted by atomic mass is 16.5. The predicted molar refractivity (Wildman–Crippen MR) is 43.6 cm³/mol. The Balaban J connectivity index is 3.22. The molecular formula is C7H10N4O. The molecule has 1 aromatic rings. The number of rotatable bonds is 2. The van der Waals surface area contributed by atoms with Crippen LogP contribution in [-0.4, -0.2) is 14.9 Å². The van der Waals surface area contributed by atoms with Gasteiger partial charge in [-0.15, -0.1) is 6.58 Å². The van der Waals surface area contributed by atoms with Crippen molar-refractivity contribution < 1.29 is 5.21 Å². The molecule has 0 aliphatic carbocycles. The first-order chi connectivity index (χ1) is 5.65. The van der Waals surface area contributed by atoms with Crippen LogP contribution >= 0.6 is 0 Å². The molecule has 0 atom stereocenters. The lowest BCUT2D eigenvalue weighted by Gasteiger charge is -2.03. The number of nitrogen functional groups attached to an aromatic ring is 1. The van der Waals surface area contributed by atoms with Crippen molar-refractivity contribution in [1.29, 1.82) is 5.41 Å². The van der Waals surface area contributed by atoms with Gasteiger partial charge in [0.25, 0.3) is 5.62 Å². The van der Waals surface area contributed by atoms with E-state index in [1.165, 1.54) is 6.20 Å². The van der Waals surface area contributed by atoms with E-state index in [0.29, 0.717) is 16.7 Å². The fraction of sp³-hybridized carbons (Fsp3) is 0.143. The summed E-state index contributed by atoms with van der Waals surface area (Å²) in [5.41, 5.74) is 5.85. The minimum Gasteiger partial charge on any atom is -0.425 e. The maximum Gasteiger partial charge on any atom is 0.257 e. The molecule has 12 heavy (non-hydrogen) atoms. The third-order valence-corrected chi connectivity index (χ3v) is 1.41. The Morgan fingerprint density at radius 1 is 1.83 bits per heavy atom. The van der Waals surface area contributed by atoms with Gasteiger partial charge in [-0.2, -0.15) is 9.71 Å². The summed E-state index contributed by atoms with van der Waals surface area (Å²) >= 11 is 0. The van der Waals surface area contributed by atoms with E-state index in [1.807, 2.05) is 0 Å². The summed E-state index contributed by atoms with van der Waals surface area (Å²) < 4.78 is 0.620. The normalized spacial score (nSPS) is 9.67. The van der Waals surface area contributed by atoms with Crippen LogP contribution in [0.5, 0.6) is 0 Å². The lowest BCUT2D eigenvalue weighted by Crippen LogP contribution is -2.23. The van der Waals surface area contributed by atoms with Crippen LogP contribution in [-0.2, 0) is 6.42 Å². The molecule has 0 spiro atoms. The van der Waals surface area contributed by atoms with Crippen molar-refractivity contribution in [2.45, 2.75) is 6.42 Å². The van der Waals surface area contributed by atoms with E-state index in [0.717, 1.165) is 0 Å². The molecule has 5 heteroatoms. The van der Waals surface area contributed by atoms with Crippen LogP contribution in [0.4, 0.5) is 5.82 Å². The molecule has 0 amide bonds. The Labute approximate surface area is 69.3 Å². The van der Waals surface area contributed by atoms with Gasteiger partial charge < -0.3 is 10.9 Å². The highest BCUT2D eigenvalue weighted by molar-refractivity contribution is 5.37. The van der Waals surface area contributed by atoms with Gasteiger partial charge in [0.2, 0.25) is 0 Å². The lowest BCUT2D eigenvalue weighted by atomic mass is 10.2. The average Bonchev–Trinajstić information content (AvgIpc) is 2.01. The topological polar surface area (TPSA) is 87.9 Å². The highest BCUT2D eigenvalue weighted by Gasteiger charge is 2.00. The van der Waals surface area contributed by atoms with Crippen LogP contribution in [0, 0.1) is 5.41 Å². The van der Waals surface area contributed by atoms with E-state index in [4.69, 9.17) is 16.4 Å². The summed E-state index contributed by atoms with van der Waals surface area (Å²) in [6.45, 7) is 3.53. The molecule has 1 rings (SSSR count). The highest BCUT2D eigenvalue weighted by Crippen LogP contribution is 2.04. The summed E-state index contributed by atoms with van der Waals surface area (Å²) in [6, 6.07) is 0. The summed E-state index contributed by atoms with van der Waals surface area (Å²) in [7, 11) is 0. The van der Waals surface area contributed by atoms with Crippen molar-refractivity contribution in [1.82, 2.24) is 9.71 Å². The molecule has 0 aliphatic rings. The first kappa shape index (κ1) is 8.32. The first-order valence-electron chi connectivity index (χ1n) is 3.38. The Morgan fingerprint density at radius 3 is 3.08 bits per heavy atom. The number of nitrogens with two attached hydrogens (primary N) is 1. The maximum atomic E-state index is 9.03. The lowest BCUT2D eigenvalue weighted by molar-refractivity contribution is 0.164. The monoisotopic (exact) mass is 166 g/mol. The van der Waals surface area contributed by atoms with Gasteiger partial charge in [-0.1, -0.05) is 6.08 Å². The van der Waals surface area contributed by atoms with E-state index in [1.54, 1.807) is 6.08 Å². The quantitative estimate of drug-likeness (QED) is 0.424. The Morgan fingerprint density at radius 2 is 2.50 bits per heavy atom. The second-order valence-corrected chi connectivity index (χ2v) is 2.31. The van der Waals surface area contributed by atoms with E-state index < -0.39 is 0 Å². The minimum atomic E-state index is -0.277. The Hall–Kier alpha value is -1.78. The number of allylic oxidation sites excluding steroid dienone is 1. The van der Waals surface area contributed by atoms with Crippen molar-refractivity contribution in [3.63, 3.8) is 0 Å². The average molecular weight is 166 g/mol. The molecule has 0 fully saturated rings. The molecule has 0 aromatic carbocycles. The zero-order valence-corrected chi connectivity index (χ0v) is 6.49. The largest absolute Gasteiger partial charge is 0.425 e. The standard InChI is InChI=1S/C7H10N4O/c1-2-3-5-4-11(12)7(9)10-6(5)8/h2,4,12H,1,3H2,(H3,8,9,10). The SMILES string of the molecule is C=CCc1cn(O)c(=N)nc1N. The predicted octanol–water partition coefficient (Wildman–Crippen LogP) is -0.0894. The number of hydrogen-bond acceptors (Lipinski definition) is 4. The van der Waals surface area contributed by atoms with Crippen LogP contribution in [0.25, 0.3) is 0 Å². The second-order valence-electron chi connectivity index (χ2n) is 2.31. The molecule has 0 radical (unpaired) electrons. The molecule has 0 bridgehead atoms. The van der Waals surface area contributed by atoms with Crippen LogP contribution in [0.2, 0.25) is 0 Å². The molecule has 4 N–H and O–H groups in total. The maximum absolute atomic E-state index is 9.03. The second kappa shape index (κ2) is 3.08. The van der Waals surface area contributed by atoms with Gasteiger partial charge in [-0.25, -0.2) is 0 Å². The number of hydrogen-bond donors (Lipinski definition) is 3. The van der Waals surface area contributed by atoms with Gasteiger partial charge in [0.05, 0.1) is 6.20 Å². The van der Waals surface area contributed by atoms with Gasteiger partial charge in [0, 0.05) is 5.56 Å². The fourth-order valence-corrected chi connectivity index (χ4v) is 0.825. The van der Waals surface area contributed by atoms with Crippen LogP contribution in [0.15, 0.2) is 18.9 Å². The number of anilines is 1. The van der Waals surface area contributed by atoms with Crippen molar-refractivity contribution >= 4 is 5.82 Å². The van der Waals surface area contributed by atoms with Crippen LogP contribution in [0.3, 0.4) is 0 Å². The Kier molecular flexibility index (Phi) is 2.14. The van der Waals surface area contributed by atoms with Crippen molar-refractivity contribution in [2.24, 2.45) is 0 Å². The van der Waals surface area contributed by atoms with E-state index in [-0.39, 0.29) is 11.4 Å². The zero-order valence-electron chi connectivity index (χ0n) is 6.49. The van der Waals surface area contributed by atoms with Gasteiger partial charge in [-0.05, 0) is 6.42 Å². The van der Waals surface area contributed by atoms with Gasteiger partial charge in [-0.3, -0.25) is 5.41 Å². The molecule has 1 heterocycles. The minimum absolute atomic E-state index is 0.255. The molecule has 5 nitrogen and oxygen atoms in total. The van der Waals surface area contributed by atoms with Crippen molar-refractivity contribution in [3.8, 4) is 0 Å². The number of nitrogens with zero attached hydrogens (tertiary/aromatic N) is 2. The summed E-state index contributed by atoms with van der Waals surface area (Å²) in [5, 5.41) is 16.1. The van der Waals surface area contributed by atoms with Crippen molar-refractivity contribution in [3.05, 3.63) is 30.0 Å². The molecule has 0 unspecified atom stereocenters. The third kappa shape index (κ3) is 1.45. The van der Waals surface area contributed by atoms with Crippen molar-refractivity contribution in [2.75, 3.05) is 5.73 Å². The van der Waals surface area contributed by atoms with Gasteiger partial charge in [0.1, 0.15) is 5.82 Å². The summed E-state index contributed by atoms with van der Waals surface area (Å²) in [4.78, 5) is 3.60. The number of nitrogens with one attached hydrogen (secondary N) is 1. The van der Waals surface area contributed by atoms with Crippen LogP contribution < -0.4 is 11.4 Å². The first-order valence-corrected chi connectivity index (χ1v) is 3.38. The molecule has 0 aliphatic heterocycles. The molecule has 1 aromatic heterocycles. The third-order valence-electron chi connectivity index (χ3n) is 1.41. The van der Waals surface area contributed by atoms with Gasteiger partial charge in [0.15, 0.2) is 0 Å². The molecular weight excluding hydrogens is 156 g/mol. The number of aromatic nitrogens is 2. The molecule has 0 saturated heterocycles. The zero-order chi connectivity index (χ0) is 9.14. The Bertz CT molecular complexity index is 355. The van der Waals surface area contributed by atoms with E-state index in [9.17, 15) is 0 Å². The molecule has 64 valence electrons. The summed E-state index contributed by atoms with van der Waals surface area (Å²) in [6.07, 6.45) is 3.53.